The summed E-state index contributed by atoms with van der Waals surface area (Å²) in [6.45, 7) is 2.12. The zero-order chi connectivity index (χ0) is 14.0. The van der Waals surface area contributed by atoms with Gasteiger partial charge in [-0.15, -0.1) is 0 Å². The first-order valence-corrected chi connectivity index (χ1v) is 6.40. The largest absolute Gasteiger partial charge is 0.381 e. The van der Waals surface area contributed by atoms with Crippen LogP contribution in [0.25, 0.3) is 0 Å². The summed E-state index contributed by atoms with van der Waals surface area (Å²) in [5.41, 5.74) is 2.06. The van der Waals surface area contributed by atoms with E-state index in [9.17, 15) is 13.2 Å². The lowest BCUT2D eigenvalue weighted by atomic mass is 10.1. The summed E-state index contributed by atoms with van der Waals surface area (Å²) in [4.78, 5) is 0. The molecule has 0 aliphatic heterocycles. The predicted octanol–water partition coefficient (Wildman–Crippen LogP) is 4.79. The average Bonchev–Trinajstić information content (AvgIpc) is 2.36. The first kappa shape index (κ1) is 13.9. The molecule has 0 aliphatic carbocycles. The summed E-state index contributed by atoms with van der Waals surface area (Å²) in [6, 6.07) is 6.69. The van der Waals surface area contributed by atoms with E-state index in [4.69, 9.17) is 0 Å². The molecule has 5 heteroatoms. The Hall–Kier alpha value is -1.49. The molecule has 0 saturated carbocycles. The third-order valence-electron chi connectivity index (χ3n) is 2.73. The van der Waals surface area contributed by atoms with E-state index in [-0.39, 0.29) is 5.82 Å². The van der Waals surface area contributed by atoms with Crippen LogP contribution in [-0.4, -0.2) is 0 Å². The Balaban J connectivity index is 2.14. The third kappa shape index (κ3) is 3.29. The molecule has 1 N–H and O–H groups in total. The van der Waals surface area contributed by atoms with Crippen LogP contribution in [0.15, 0.2) is 34.8 Å². The molecule has 0 heterocycles. The highest BCUT2D eigenvalue weighted by Gasteiger charge is 2.06. The van der Waals surface area contributed by atoms with Crippen molar-refractivity contribution in [1.82, 2.24) is 0 Å². The standard InChI is InChI=1S/C14H11BrF3N/c1-8-4-10(15)12(17)6-14(8)19-7-9-2-3-11(16)13(18)5-9/h2-6,19H,7H2,1H3. The molecule has 0 aromatic heterocycles. The van der Waals surface area contributed by atoms with Crippen LogP contribution in [0.4, 0.5) is 18.9 Å². The zero-order valence-electron chi connectivity index (χ0n) is 10.1. The molecule has 2 aromatic carbocycles. The topological polar surface area (TPSA) is 12.0 Å². The first-order chi connectivity index (χ1) is 8.97. The Morgan fingerprint density at radius 3 is 2.42 bits per heavy atom. The van der Waals surface area contributed by atoms with E-state index in [1.54, 1.807) is 6.07 Å². The molecule has 19 heavy (non-hydrogen) atoms. The van der Waals surface area contributed by atoms with Crippen molar-refractivity contribution in [3.8, 4) is 0 Å². The number of aryl methyl sites for hydroxylation is 1. The van der Waals surface area contributed by atoms with E-state index >= 15 is 0 Å². The van der Waals surface area contributed by atoms with Gasteiger partial charge in [0.1, 0.15) is 5.82 Å². The maximum absolute atomic E-state index is 13.4. The second kappa shape index (κ2) is 5.65. The van der Waals surface area contributed by atoms with Crippen molar-refractivity contribution < 1.29 is 13.2 Å². The van der Waals surface area contributed by atoms with Gasteiger partial charge in [0.2, 0.25) is 0 Å². The van der Waals surface area contributed by atoms with Crippen LogP contribution in [0.2, 0.25) is 0 Å². The molecule has 0 spiro atoms. The van der Waals surface area contributed by atoms with Crippen molar-refractivity contribution in [2.45, 2.75) is 13.5 Å². The van der Waals surface area contributed by atoms with E-state index in [0.717, 1.165) is 17.7 Å². The van der Waals surface area contributed by atoms with E-state index in [1.165, 1.54) is 12.1 Å². The highest BCUT2D eigenvalue weighted by molar-refractivity contribution is 9.10. The van der Waals surface area contributed by atoms with Crippen molar-refractivity contribution in [2.24, 2.45) is 0 Å². The van der Waals surface area contributed by atoms with Gasteiger partial charge in [-0.2, -0.15) is 0 Å². The minimum absolute atomic E-state index is 0.291. The van der Waals surface area contributed by atoms with Gasteiger partial charge in [0.15, 0.2) is 11.6 Å². The molecule has 0 aliphatic rings. The number of hydrogen-bond acceptors (Lipinski definition) is 1. The van der Waals surface area contributed by atoms with Gasteiger partial charge in [-0.3, -0.25) is 0 Å². The molecular weight excluding hydrogens is 319 g/mol. The summed E-state index contributed by atoms with van der Waals surface area (Å²) in [7, 11) is 0. The van der Waals surface area contributed by atoms with Crippen LogP contribution < -0.4 is 5.32 Å². The molecule has 100 valence electrons. The molecule has 2 aromatic rings. The van der Waals surface area contributed by atoms with Gasteiger partial charge in [0, 0.05) is 12.2 Å². The number of rotatable bonds is 3. The van der Waals surface area contributed by atoms with Gasteiger partial charge in [0.25, 0.3) is 0 Å². The number of anilines is 1. The lowest BCUT2D eigenvalue weighted by Gasteiger charge is -2.11. The fourth-order valence-corrected chi connectivity index (χ4v) is 2.14. The van der Waals surface area contributed by atoms with Crippen LogP contribution in [0.1, 0.15) is 11.1 Å². The Morgan fingerprint density at radius 2 is 1.74 bits per heavy atom. The molecule has 1 nitrogen and oxygen atoms in total. The predicted molar refractivity (Wildman–Crippen MR) is 72.5 cm³/mol. The van der Waals surface area contributed by atoms with E-state index < -0.39 is 11.6 Å². The van der Waals surface area contributed by atoms with E-state index in [2.05, 4.69) is 21.2 Å². The second-order valence-corrected chi connectivity index (χ2v) is 5.04. The lowest BCUT2D eigenvalue weighted by molar-refractivity contribution is 0.507. The van der Waals surface area contributed by atoms with Gasteiger partial charge < -0.3 is 5.32 Å². The monoisotopic (exact) mass is 329 g/mol. The molecule has 0 radical (unpaired) electrons. The molecular formula is C14H11BrF3N. The van der Waals surface area contributed by atoms with Crippen LogP contribution in [0, 0.1) is 24.4 Å². The van der Waals surface area contributed by atoms with Crippen LogP contribution in [0.5, 0.6) is 0 Å². The maximum atomic E-state index is 13.4. The fraction of sp³-hybridized carbons (Fsp3) is 0.143. The summed E-state index contributed by atoms with van der Waals surface area (Å²) < 4.78 is 39.6. The summed E-state index contributed by atoms with van der Waals surface area (Å²) in [5.74, 6) is -2.15. The minimum atomic E-state index is -0.891. The van der Waals surface area contributed by atoms with Gasteiger partial charge in [-0.05, 0) is 58.2 Å². The number of hydrogen-bond donors (Lipinski definition) is 1. The van der Waals surface area contributed by atoms with Crippen molar-refractivity contribution in [1.29, 1.82) is 0 Å². The SMILES string of the molecule is Cc1cc(Br)c(F)cc1NCc1ccc(F)c(F)c1. The van der Waals surface area contributed by atoms with Crippen LogP contribution in [0.3, 0.4) is 0 Å². The van der Waals surface area contributed by atoms with Gasteiger partial charge in [-0.25, -0.2) is 13.2 Å². The lowest BCUT2D eigenvalue weighted by Crippen LogP contribution is -2.02. The summed E-state index contributed by atoms with van der Waals surface area (Å²) in [5, 5.41) is 2.99. The Morgan fingerprint density at radius 1 is 1.00 bits per heavy atom. The van der Waals surface area contributed by atoms with Crippen molar-refractivity contribution in [3.63, 3.8) is 0 Å². The average molecular weight is 330 g/mol. The number of benzene rings is 2. The Labute approximate surface area is 117 Å². The zero-order valence-corrected chi connectivity index (χ0v) is 11.7. The van der Waals surface area contributed by atoms with Crippen molar-refractivity contribution >= 4 is 21.6 Å². The van der Waals surface area contributed by atoms with Gasteiger partial charge in [-0.1, -0.05) is 6.07 Å². The fourth-order valence-electron chi connectivity index (χ4n) is 1.68. The van der Waals surface area contributed by atoms with Crippen molar-refractivity contribution in [2.75, 3.05) is 5.32 Å². The minimum Gasteiger partial charge on any atom is -0.381 e. The van der Waals surface area contributed by atoms with E-state index in [0.29, 0.717) is 22.3 Å². The molecule has 0 saturated heterocycles. The molecule has 0 atom stereocenters. The highest BCUT2D eigenvalue weighted by atomic mass is 79.9. The summed E-state index contributed by atoms with van der Waals surface area (Å²) >= 11 is 3.10. The molecule has 0 bridgehead atoms. The van der Waals surface area contributed by atoms with Crippen LogP contribution >= 0.6 is 15.9 Å². The molecule has 0 unspecified atom stereocenters. The Bertz CT molecular complexity index is 614. The normalized spacial score (nSPS) is 10.6. The first-order valence-electron chi connectivity index (χ1n) is 5.61. The number of halogens is 4. The number of nitrogens with one attached hydrogen (secondary N) is 1. The second-order valence-electron chi connectivity index (χ2n) is 4.18. The molecule has 2 rings (SSSR count). The van der Waals surface area contributed by atoms with Gasteiger partial charge in [0.05, 0.1) is 4.47 Å². The smallest absolute Gasteiger partial charge is 0.159 e. The molecule has 0 amide bonds. The van der Waals surface area contributed by atoms with Gasteiger partial charge >= 0.3 is 0 Å². The highest BCUT2D eigenvalue weighted by Crippen LogP contribution is 2.24. The molecule has 0 fully saturated rings. The quantitative estimate of drug-likeness (QED) is 0.853. The summed E-state index contributed by atoms with van der Waals surface area (Å²) in [6.07, 6.45) is 0. The van der Waals surface area contributed by atoms with Crippen molar-refractivity contribution in [3.05, 3.63) is 63.4 Å². The maximum Gasteiger partial charge on any atom is 0.159 e. The van der Waals surface area contributed by atoms with Crippen LogP contribution in [-0.2, 0) is 6.54 Å². The Kier molecular flexibility index (Phi) is 4.14. The van der Waals surface area contributed by atoms with E-state index in [1.807, 2.05) is 6.92 Å². The third-order valence-corrected chi connectivity index (χ3v) is 3.34.